The number of phenols is 2. The first-order valence-electron chi connectivity index (χ1n) is 13.2. The van der Waals surface area contributed by atoms with Gasteiger partial charge in [-0.2, -0.15) is 0 Å². The highest BCUT2D eigenvalue weighted by atomic mass is 16.5. The van der Waals surface area contributed by atoms with E-state index in [2.05, 4.69) is 24.4 Å². The van der Waals surface area contributed by atoms with Crippen LogP contribution in [0.25, 0.3) is 0 Å². The van der Waals surface area contributed by atoms with Crippen molar-refractivity contribution in [1.29, 1.82) is 0 Å². The molecule has 40 heavy (non-hydrogen) atoms. The van der Waals surface area contributed by atoms with Gasteiger partial charge in [0.2, 0.25) is 0 Å². The summed E-state index contributed by atoms with van der Waals surface area (Å²) in [6, 6.07) is 40.7. The standard InChI is InChI=1S/C21H20O2.C14H15NO2/c1-2-21(16-6-4-3-5-7-16,17-8-12-19(22)13-9-17)18-10-14-20(23)15-11-18;1-16-13-7-3-11(4-8-13)15-12-5-9-14(17-2)10-6-12/h3-15,22-23H,2H2,1H3;3-10,15H,1-2H3. The molecule has 5 aromatic carbocycles. The minimum Gasteiger partial charge on any atom is -0.508 e. The maximum absolute atomic E-state index is 9.64. The van der Waals surface area contributed by atoms with Gasteiger partial charge < -0.3 is 25.0 Å². The molecule has 5 aromatic rings. The molecule has 0 fully saturated rings. The molecule has 5 nitrogen and oxygen atoms in total. The van der Waals surface area contributed by atoms with Crippen molar-refractivity contribution in [2.45, 2.75) is 18.8 Å². The van der Waals surface area contributed by atoms with E-state index in [0.717, 1.165) is 40.4 Å². The summed E-state index contributed by atoms with van der Waals surface area (Å²) in [6.07, 6.45) is 0.868. The molecule has 3 N–H and O–H groups in total. The predicted octanol–water partition coefficient (Wildman–Crippen LogP) is 8.29. The molecule has 0 atom stereocenters. The van der Waals surface area contributed by atoms with Gasteiger partial charge in [-0.15, -0.1) is 0 Å². The number of ether oxygens (including phenoxy) is 2. The van der Waals surface area contributed by atoms with Crippen molar-refractivity contribution in [3.05, 3.63) is 144 Å². The normalized spacial score (nSPS) is 10.7. The molecule has 0 saturated heterocycles. The van der Waals surface area contributed by atoms with E-state index in [0.29, 0.717) is 0 Å². The third kappa shape index (κ3) is 6.56. The smallest absolute Gasteiger partial charge is 0.119 e. The van der Waals surface area contributed by atoms with Crippen LogP contribution in [0, 0.1) is 0 Å². The molecular weight excluding hydrogens is 498 g/mol. The topological polar surface area (TPSA) is 71.0 Å². The molecule has 0 unspecified atom stereocenters. The zero-order valence-electron chi connectivity index (χ0n) is 23.0. The Kier molecular flexibility index (Phi) is 9.31. The van der Waals surface area contributed by atoms with Gasteiger partial charge >= 0.3 is 0 Å². The number of methoxy groups -OCH3 is 2. The number of benzene rings is 5. The molecule has 0 saturated carbocycles. The molecule has 0 aliphatic rings. The lowest BCUT2D eigenvalue weighted by atomic mass is 9.68. The second-order valence-corrected chi connectivity index (χ2v) is 9.30. The molecule has 0 spiro atoms. The van der Waals surface area contributed by atoms with Gasteiger partial charge in [-0.1, -0.05) is 61.5 Å². The first-order chi connectivity index (χ1) is 19.5. The summed E-state index contributed by atoms with van der Waals surface area (Å²) in [4.78, 5) is 0. The summed E-state index contributed by atoms with van der Waals surface area (Å²) in [7, 11) is 3.32. The fourth-order valence-electron chi connectivity index (χ4n) is 4.84. The SMILES string of the molecule is CCC(c1ccccc1)(c1ccc(O)cc1)c1ccc(O)cc1.COc1ccc(Nc2ccc(OC)cc2)cc1. The van der Waals surface area contributed by atoms with Gasteiger partial charge in [0, 0.05) is 16.8 Å². The average Bonchev–Trinajstić information content (AvgIpc) is 3.01. The number of hydrogen-bond donors (Lipinski definition) is 3. The molecule has 204 valence electrons. The van der Waals surface area contributed by atoms with Crippen LogP contribution in [0.2, 0.25) is 0 Å². The summed E-state index contributed by atoms with van der Waals surface area (Å²) >= 11 is 0. The fourth-order valence-corrected chi connectivity index (χ4v) is 4.84. The van der Waals surface area contributed by atoms with E-state index >= 15 is 0 Å². The van der Waals surface area contributed by atoms with Crippen LogP contribution in [0.1, 0.15) is 30.0 Å². The monoisotopic (exact) mass is 533 g/mol. The number of phenolic OH excluding ortho intramolecular Hbond substituents is 2. The van der Waals surface area contributed by atoms with Gasteiger partial charge in [-0.25, -0.2) is 0 Å². The average molecular weight is 534 g/mol. The van der Waals surface area contributed by atoms with E-state index in [1.165, 1.54) is 5.56 Å². The maximum Gasteiger partial charge on any atom is 0.119 e. The van der Waals surface area contributed by atoms with Crippen molar-refractivity contribution in [1.82, 2.24) is 0 Å². The van der Waals surface area contributed by atoms with Gasteiger partial charge in [0.05, 0.1) is 14.2 Å². The van der Waals surface area contributed by atoms with Gasteiger partial charge in [0.1, 0.15) is 23.0 Å². The lowest BCUT2D eigenvalue weighted by molar-refractivity contribution is 0.415. The molecule has 5 heteroatoms. The summed E-state index contributed by atoms with van der Waals surface area (Å²) < 4.78 is 10.2. The number of aromatic hydroxyl groups is 2. The van der Waals surface area contributed by atoms with Crippen molar-refractivity contribution in [3.8, 4) is 23.0 Å². The van der Waals surface area contributed by atoms with E-state index in [4.69, 9.17) is 9.47 Å². The molecule has 5 rings (SSSR count). The van der Waals surface area contributed by atoms with Crippen LogP contribution in [0.3, 0.4) is 0 Å². The van der Waals surface area contributed by atoms with Crippen molar-refractivity contribution in [3.63, 3.8) is 0 Å². The van der Waals surface area contributed by atoms with Crippen LogP contribution in [0.4, 0.5) is 11.4 Å². The maximum atomic E-state index is 9.64. The molecule has 0 aromatic heterocycles. The lowest BCUT2D eigenvalue weighted by Crippen LogP contribution is -2.28. The summed E-state index contributed by atoms with van der Waals surface area (Å²) in [6.45, 7) is 2.16. The molecule has 0 radical (unpaired) electrons. The Hall–Kier alpha value is -4.90. The number of rotatable bonds is 8. The quantitative estimate of drug-likeness (QED) is 0.175. The summed E-state index contributed by atoms with van der Waals surface area (Å²) in [5.74, 6) is 2.23. The molecule has 0 aliphatic heterocycles. The third-order valence-corrected chi connectivity index (χ3v) is 6.99. The van der Waals surface area contributed by atoms with Gasteiger partial charge in [-0.05, 0) is 95.9 Å². The molecule has 0 bridgehead atoms. The van der Waals surface area contributed by atoms with Crippen LogP contribution in [0.15, 0.2) is 127 Å². The first kappa shape index (κ1) is 28.1. The zero-order chi connectivity index (χ0) is 28.4. The molecular formula is C35H35NO4. The highest BCUT2D eigenvalue weighted by molar-refractivity contribution is 5.61. The van der Waals surface area contributed by atoms with E-state index in [1.807, 2.05) is 91.0 Å². The zero-order valence-corrected chi connectivity index (χ0v) is 23.0. The highest BCUT2D eigenvalue weighted by Gasteiger charge is 2.34. The Labute approximate surface area is 236 Å². The lowest BCUT2D eigenvalue weighted by Gasteiger charge is -2.35. The van der Waals surface area contributed by atoms with Crippen LogP contribution < -0.4 is 14.8 Å². The molecule has 0 aliphatic carbocycles. The fraction of sp³-hybridized carbons (Fsp3) is 0.143. The van der Waals surface area contributed by atoms with Crippen LogP contribution in [-0.2, 0) is 5.41 Å². The second kappa shape index (κ2) is 13.3. The Morgan fingerprint density at radius 1 is 0.525 bits per heavy atom. The Bertz CT molecular complexity index is 1360. The van der Waals surface area contributed by atoms with Gasteiger partial charge in [0.25, 0.3) is 0 Å². The first-order valence-corrected chi connectivity index (χ1v) is 13.2. The van der Waals surface area contributed by atoms with E-state index in [-0.39, 0.29) is 16.9 Å². The van der Waals surface area contributed by atoms with E-state index < -0.39 is 0 Å². The Balaban J connectivity index is 0.000000194. The van der Waals surface area contributed by atoms with Crippen molar-refractivity contribution in [2.24, 2.45) is 0 Å². The van der Waals surface area contributed by atoms with Gasteiger partial charge in [0.15, 0.2) is 0 Å². The van der Waals surface area contributed by atoms with E-state index in [9.17, 15) is 10.2 Å². The summed E-state index contributed by atoms with van der Waals surface area (Å²) in [5, 5.41) is 22.6. The van der Waals surface area contributed by atoms with Crippen molar-refractivity contribution in [2.75, 3.05) is 19.5 Å². The number of anilines is 2. The number of hydrogen-bond acceptors (Lipinski definition) is 5. The van der Waals surface area contributed by atoms with Crippen molar-refractivity contribution >= 4 is 11.4 Å². The predicted molar refractivity (Wildman–Crippen MR) is 162 cm³/mol. The van der Waals surface area contributed by atoms with Crippen LogP contribution in [-0.4, -0.2) is 24.4 Å². The third-order valence-electron chi connectivity index (χ3n) is 6.99. The Morgan fingerprint density at radius 3 is 1.25 bits per heavy atom. The van der Waals surface area contributed by atoms with E-state index in [1.54, 1.807) is 38.5 Å². The molecule has 0 amide bonds. The van der Waals surface area contributed by atoms with Crippen molar-refractivity contribution < 1.29 is 19.7 Å². The largest absolute Gasteiger partial charge is 0.508 e. The highest BCUT2D eigenvalue weighted by Crippen LogP contribution is 2.42. The summed E-state index contributed by atoms with van der Waals surface area (Å²) in [5.41, 5.74) is 5.16. The molecule has 0 heterocycles. The second-order valence-electron chi connectivity index (χ2n) is 9.30. The minimum atomic E-state index is -0.317. The minimum absolute atomic E-state index is 0.262. The van der Waals surface area contributed by atoms with Gasteiger partial charge in [-0.3, -0.25) is 0 Å². The van der Waals surface area contributed by atoms with Crippen LogP contribution >= 0.6 is 0 Å². The number of nitrogens with one attached hydrogen (secondary N) is 1. The van der Waals surface area contributed by atoms with Crippen LogP contribution in [0.5, 0.6) is 23.0 Å². The Morgan fingerprint density at radius 2 is 0.900 bits per heavy atom.